The van der Waals surface area contributed by atoms with Gasteiger partial charge in [0.25, 0.3) is 0 Å². The highest BCUT2D eigenvalue weighted by molar-refractivity contribution is 7.09. The molecule has 0 aromatic carbocycles. The summed E-state index contributed by atoms with van der Waals surface area (Å²) in [7, 11) is 0. The Morgan fingerprint density at radius 1 is 1.47 bits per heavy atom. The maximum atomic E-state index is 4.52. The van der Waals surface area contributed by atoms with Gasteiger partial charge in [0.1, 0.15) is 5.82 Å². The summed E-state index contributed by atoms with van der Waals surface area (Å²) in [6.45, 7) is 5.72. The van der Waals surface area contributed by atoms with E-state index in [1.807, 2.05) is 0 Å². The number of hydrogen-bond donors (Lipinski definition) is 1. The first-order chi connectivity index (χ1) is 7.15. The van der Waals surface area contributed by atoms with Crippen molar-refractivity contribution >= 4 is 16.7 Å². The van der Waals surface area contributed by atoms with Crippen LogP contribution in [0.2, 0.25) is 0 Å². The molecule has 0 bridgehead atoms. The zero-order chi connectivity index (χ0) is 10.5. The molecule has 3 rings (SSSR count). The van der Waals surface area contributed by atoms with Crippen LogP contribution in [-0.4, -0.2) is 15.9 Å². The smallest absolute Gasteiger partial charge is 0.202 e. The molecule has 2 saturated carbocycles. The molecular weight excluding hydrogens is 206 g/mol. The highest BCUT2D eigenvalue weighted by atomic mass is 32.1. The summed E-state index contributed by atoms with van der Waals surface area (Å²) in [5.74, 6) is 2.57. The van der Waals surface area contributed by atoms with E-state index in [9.17, 15) is 0 Å². The van der Waals surface area contributed by atoms with Gasteiger partial charge in [-0.05, 0) is 30.6 Å². The standard InChI is InChI=1S/C11H17N3S/c1-11(2)5-8(11)6-12-10-13-9(14-15-10)7-3-4-7/h7-8H,3-6H2,1-2H3,(H,12,13,14). The molecule has 0 saturated heterocycles. The number of rotatable bonds is 4. The lowest BCUT2D eigenvalue weighted by Crippen LogP contribution is -2.06. The summed E-state index contributed by atoms with van der Waals surface area (Å²) in [5, 5.41) is 4.42. The third-order valence-electron chi connectivity index (χ3n) is 3.60. The maximum Gasteiger partial charge on any atom is 0.202 e. The second-order valence-electron chi connectivity index (χ2n) is 5.50. The van der Waals surface area contributed by atoms with Crippen molar-refractivity contribution in [3.05, 3.63) is 5.82 Å². The van der Waals surface area contributed by atoms with Gasteiger partial charge in [-0.2, -0.15) is 4.37 Å². The molecule has 2 fully saturated rings. The van der Waals surface area contributed by atoms with Crippen LogP contribution in [-0.2, 0) is 0 Å². The minimum atomic E-state index is 0.553. The second-order valence-corrected chi connectivity index (χ2v) is 6.25. The molecule has 0 spiro atoms. The predicted octanol–water partition coefficient (Wildman–Crippen LogP) is 2.87. The number of aromatic nitrogens is 2. The van der Waals surface area contributed by atoms with Crippen LogP contribution in [0.5, 0.6) is 0 Å². The van der Waals surface area contributed by atoms with E-state index < -0.39 is 0 Å². The van der Waals surface area contributed by atoms with Crippen LogP contribution in [0.3, 0.4) is 0 Å². The van der Waals surface area contributed by atoms with Gasteiger partial charge >= 0.3 is 0 Å². The molecule has 15 heavy (non-hydrogen) atoms. The van der Waals surface area contributed by atoms with E-state index in [1.54, 1.807) is 0 Å². The molecule has 1 N–H and O–H groups in total. The van der Waals surface area contributed by atoms with Gasteiger partial charge in [0.2, 0.25) is 5.13 Å². The largest absolute Gasteiger partial charge is 0.360 e. The monoisotopic (exact) mass is 223 g/mol. The average Bonchev–Trinajstić information content (AvgIpc) is 3.07. The SMILES string of the molecule is CC1(C)CC1CNc1nc(C2CC2)ns1. The van der Waals surface area contributed by atoms with E-state index in [0.717, 1.165) is 23.4 Å². The van der Waals surface area contributed by atoms with Crippen molar-refractivity contribution in [2.75, 3.05) is 11.9 Å². The molecule has 1 aromatic rings. The molecule has 1 atom stereocenters. The Morgan fingerprint density at radius 3 is 2.80 bits per heavy atom. The van der Waals surface area contributed by atoms with Gasteiger partial charge in [-0.1, -0.05) is 13.8 Å². The molecule has 0 aliphatic heterocycles. The predicted molar refractivity (Wildman–Crippen MR) is 62.3 cm³/mol. The zero-order valence-electron chi connectivity index (χ0n) is 9.29. The van der Waals surface area contributed by atoms with Gasteiger partial charge in [0.05, 0.1) is 0 Å². The third kappa shape index (κ3) is 2.00. The quantitative estimate of drug-likeness (QED) is 0.853. The highest BCUT2D eigenvalue weighted by Crippen LogP contribution is 2.51. The topological polar surface area (TPSA) is 37.8 Å². The molecule has 2 aliphatic rings. The van der Waals surface area contributed by atoms with Gasteiger partial charge < -0.3 is 5.32 Å². The Morgan fingerprint density at radius 2 is 2.20 bits per heavy atom. The lowest BCUT2D eigenvalue weighted by molar-refractivity contribution is 0.573. The normalized spacial score (nSPS) is 27.7. The molecule has 82 valence electrons. The molecule has 2 aliphatic carbocycles. The summed E-state index contributed by atoms with van der Waals surface area (Å²) >= 11 is 1.52. The van der Waals surface area contributed by atoms with Crippen LogP contribution < -0.4 is 5.32 Å². The summed E-state index contributed by atoms with van der Waals surface area (Å²) in [5.41, 5.74) is 0.553. The van der Waals surface area contributed by atoms with Crippen molar-refractivity contribution in [3.63, 3.8) is 0 Å². The van der Waals surface area contributed by atoms with E-state index >= 15 is 0 Å². The fourth-order valence-corrected chi connectivity index (χ4v) is 2.60. The van der Waals surface area contributed by atoms with E-state index in [4.69, 9.17) is 0 Å². The average molecular weight is 223 g/mol. The Balaban J connectivity index is 1.53. The van der Waals surface area contributed by atoms with Gasteiger partial charge in [-0.15, -0.1) is 0 Å². The van der Waals surface area contributed by atoms with Gasteiger partial charge in [-0.25, -0.2) is 4.98 Å². The van der Waals surface area contributed by atoms with Crippen molar-refractivity contribution in [1.29, 1.82) is 0 Å². The van der Waals surface area contributed by atoms with Gasteiger partial charge in [0.15, 0.2) is 0 Å². The van der Waals surface area contributed by atoms with Crippen molar-refractivity contribution in [1.82, 2.24) is 9.36 Å². The molecular formula is C11H17N3S. The lowest BCUT2D eigenvalue weighted by atomic mass is 10.1. The number of nitrogens with zero attached hydrogens (tertiary/aromatic N) is 2. The summed E-state index contributed by atoms with van der Waals surface area (Å²) in [6.07, 6.45) is 3.91. The van der Waals surface area contributed by atoms with Crippen LogP contribution in [0.25, 0.3) is 0 Å². The summed E-state index contributed by atoms with van der Waals surface area (Å²) in [6, 6.07) is 0. The van der Waals surface area contributed by atoms with Crippen LogP contribution in [0, 0.1) is 11.3 Å². The third-order valence-corrected chi connectivity index (χ3v) is 4.29. The Bertz CT molecular complexity index is 368. The van der Waals surface area contributed by atoms with E-state index in [0.29, 0.717) is 11.3 Å². The first-order valence-electron chi connectivity index (χ1n) is 5.72. The molecule has 4 heteroatoms. The summed E-state index contributed by atoms with van der Waals surface area (Å²) < 4.78 is 4.38. The lowest BCUT2D eigenvalue weighted by Gasteiger charge is -2.03. The first kappa shape index (κ1) is 9.58. The first-order valence-corrected chi connectivity index (χ1v) is 6.50. The van der Waals surface area contributed by atoms with Crippen molar-refractivity contribution in [3.8, 4) is 0 Å². The summed E-state index contributed by atoms with van der Waals surface area (Å²) in [4.78, 5) is 4.52. The molecule has 1 heterocycles. The molecule has 1 aromatic heterocycles. The molecule has 0 amide bonds. The highest BCUT2D eigenvalue weighted by Gasteiger charge is 2.45. The maximum absolute atomic E-state index is 4.52. The fraction of sp³-hybridized carbons (Fsp3) is 0.818. The fourth-order valence-electron chi connectivity index (χ4n) is 1.95. The van der Waals surface area contributed by atoms with Crippen LogP contribution in [0.4, 0.5) is 5.13 Å². The number of anilines is 1. The molecule has 3 nitrogen and oxygen atoms in total. The van der Waals surface area contributed by atoms with E-state index in [-0.39, 0.29) is 0 Å². The van der Waals surface area contributed by atoms with Crippen molar-refractivity contribution in [2.24, 2.45) is 11.3 Å². The Hall–Kier alpha value is -0.640. The van der Waals surface area contributed by atoms with Gasteiger partial charge in [0, 0.05) is 24.0 Å². The Kier molecular flexibility index (Phi) is 2.03. The van der Waals surface area contributed by atoms with Crippen LogP contribution in [0.15, 0.2) is 0 Å². The van der Waals surface area contributed by atoms with E-state index in [2.05, 4.69) is 28.5 Å². The van der Waals surface area contributed by atoms with Crippen LogP contribution >= 0.6 is 11.5 Å². The minimum Gasteiger partial charge on any atom is -0.360 e. The number of nitrogens with one attached hydrogen (secondary N) is 1. The second kappa shape index (κ2) is 3.17. The van der Waals surface area contributed by atoms with Crippen LogP contribution in [0.1, 0.15) is 44.9 Å². The van der Waals surface area contributed by atoms with Gasteiger partial charge in [-0.3, -0.25) is 0 Å². The Labute approximate surface area is 94.5 Å². The van der Waals surface area contributed by atoms with E-state index in [1.165, 1.54) is 30.8 Å². The number of hydrogen-bond acceptors (Lipinski definition) is 4. The van der Waals surface area contributed by atoms with Crippen molar-refractivity contribution in [2.45, 2.75) is 39.0 Å². The molecule has 1 unspecified atom stereocenters. The molecule has 0 radical (unpaired) electrons. The zero-order valence-corrected chi connectivity index (χ0v) is 10.1. The minimum absolute atomic E-state index is 0.553. The van der Waals surface area contributed by atoms with Crippen molar-refractivity contribution < 1.29 is 0 Å².